The second-order valence-corrected chi connectivity index (χ2v) is 6.32. The van der Waals surface area contributed by atoms with Gasteiger partial charge in [-0.1, -0.05) is 11.6 Å². The van der Waals surface area contributed by atoms with Gasteiger partial charge in [-0.2, -0.15) is 0 Å². The molecule has 0 fully saturated rings. The average Bonchev–Trinajstić information content (AvgIpc) is 2.61. The first-order valence-corrected chi connectivity index (χ1v) is 8.43. The predicted molar refractivity (Wildman–Crippen MR) is 98.4 cm³/mol. The summed E-state index contributed by atoms with van der Waals surface area (Å²) >= 11 is 9.54. The van der Waals surface area contributed by atoms with E-state index in [1.807, 2.05) is 6.92 Å². The van der Waals surface area contributed by atoms with E-state index in [1.165, 1.54) is 34.6 Å². The molecular weight excluding hydrogens is 414 g/mol. The van der Waals surface area contributed by atoms with Gasteiger partial charge in [-0.15, -0.1) is 0 Å². The van der Waals surface area contributed by atoms with Crippen molar-refractivity contribution in [3.8, 4) is 23.1 Å². The fourth-order valence-corrected chi connectivity index (χ4v) is 3.29. The number of rotatable bonds is 6. The van der Waals surface area contributed by atoms with Gasteiger partial charge in [-0.05, 0) is 34.5 Å². The number of aromatic nitrogens is 1. The Morgan fingerprint density at radius 2 is 1.68 bits per heavy atom. The highest BCUT2D eigenvalue weighted by atomic mass is 79.9. The lowest BCUT2D eigenvalue weighted by molar-refractivity contribution is 0.204. The maximum atomic E-state index is 11.1. The minimum absolute atomic E-state index is 0.250. The first-order valence-electron chi connectivity index (χ1n) is 7.26. The first-order chi connectivity index (χ1) is 11.9. The van der Waals surface area contributed by atoms with E-state index in [2.05, 4.69) is 20.9 Å². The molecule has 1 heterocycles. The summed E-state index contributed by atoms with van der Waals surface area (Å²) in [5.41, 5.74) is 1.64. The van der Waals surface area contributed by atoms with Gasteiger partial charge in [0.25, 0.3) is 0 Å². The van der Waals surface area contributed by atoms with E-state index in [1.54, 1.807) is 6.07 Å². The van der Waals surface area contributed by atoms with Crippen LogP contribution in [-0.2, 0) is 0 Å². The van der Waals surface area contributed by atoms with Crippen molar-refractivity contribution in [2.75, 3.05) is 28.4 Å². The second kappa shape index (κ2) is 8.12. The van der Waals surface area contributed by atoms with Crippen molar-refractivity contribution in [1.29, 1.82) is 0 Å². The predicted octanol–water partition coefficient (Wildman–Crippen LogP) is 3.92. The van der Waals surface area contributed by atoms with Gasteiger partial charge < -0.3 is 24.1 Å². The summed E-state index contributed by atoms with van der Waals surface area (Å²) in [7, 11) is 6.00. The first kappa shape index (κ1) is 19.6. The molecule has 2 rings (SSSR count). The van der Waals surface area contributed by atoms with Gasteiger partial charge in [0.2, 0.25) is 11.6 Å². The second-order valence-electron chi connectivity index (χ2n) is 5.12. The van der Waals surface area contributed by atoms with Gasteiger partial charge in [-0.3, -0.25) is 0 Å². The van der Waals surface area contributed by atoms with Crippen LogP contribution in [0.15, 0.2) is 16.7 Å². The number of aliphatic hydroxyl groups excluding tert-OH is 1. The number of halogens is 2. The van der Waals surface area contributed by atoms with Gasteiger partial charge in [0.15, 0.2) is 11.5 Å². The molecule has 1 N–H and O–H groups in total. The topological polar surface area (TPSA) is 70.0 Å². The van der Waals surface area contributed by atoms with E-state index in [9.17, 15) is 5.11 Å². The number of benzene rings is 1. The van der Waals surface area contributed by atoms with Gasteiger partial charge >= 0.3 is 0 Å². The molecule has 1 atom stereocenters. The van der Waals surface area contributed by atoms with Crippen molar-refractivity contribution in [3.63, 3.8) is 0 Å². The molecule has 25 heavy (non-hydrogen) atoms. The number of aryl methyl sites for hydroxylation is 1. The van der Waals surface area contributed by atoms with Crippen LogP contribution in [-0.4, -0.2) is 38.5 Å². The number of ether oxygens (including phenoxy) is 4. The van der Waals surface area contributed by atoms with Crippen LogP contribution in [0.2, 0.25) is 5.02 Å². The number of methoxy groups -OCH3 is 4. The molecule has 1 unspecified atom stereocenters. The SMILES string of the molecule is COc1cc(C)c(C(O)c2c(OC)ncc(Cl)c2Br)c(OC)c1OC. The Hall–Kier alpha value is -1.70. The molecule has 6 nitrogen and oxygen atoms in total. The summed E-state index contributed by atoms with van der Waals surface area (Å²) in [4.78, 5) is 4.12. The van der Waals surface area contributed by atoms with E-state index < -0.39 is 6.10 Å². The molecule has 0 radical (unpaired) electrons. The monoisotopic (exact) mass is 431 g/mol. The Morgan fingerprint density at radius 1 is 1.04 bits per heavy atom. The van der Waals surface area contributed by atoms with E-state index in [-0.39, 0.29) is 5.88 Å². The highest BCUT2D eigenvalue weighted by Crippen LogP contribution is 2.48. The summed E-state index contributed by atoms with van der Waals surface area (Å²) in [6.45, 7) is 1.83. The fraction of sp³-hybridized carbons (Fsp3) is 0.353. The third kappa shape index (κ3) is 3.49. The van der Waals surface area contributed by atoms with Crippen LogP contribution in [0.1, 0.15) is 22.8 Å². The van der Waals surface area contributed by atoms with Crippen molar-refractivity contribution < 1.29 is 24.1 Å². The molecule has 0 saturated carbocycles. The van der Waals surface area contributed by atoms with E-state index in [0.717, 1.165) is 5.56 Å². The lowest BCUT2D eigenvalue weighted by atomic mass is 9.96. The summed E-state index contributed by atoms with van der Waals surface area (Å²) in [5, 5.41) is 11.5. The summed E-state index contributed by atoms with van der Waals surface area (Å²) in [5.74, 6) is 1.50. The van der Waals surface area contributed by atoms with Gasteiger partial charge in [-0.25, -0.2) is 4.98 Å². The molecule has 136 valence electrons. The quantitative estimate of drug-likeness (QED) is 0.746. The van der Waals surface area contributed by atoms with E-state index in [0.29, 0.717) is 37.9 Å². The summed E-state index contributed by atoms with van der Waals surface area (Å²) in [6, 6.07) is 1.76. The molecule has 0 saturated heterocycles. The van der Waals surface area contributed by atoms with Crippen LogP contribution in [0.5, 0.6) is 23.1 Å². The lowest BCUT2D eigenvalue weighted by Gasteiger charge is -2.23. The highest BCUT2D eigenvalue weighted by molar-refractivity contribution is 9.10. The maximum absolute atomic E-state index is 11.1. The fourth-order valence-electron chi connectivity index (χ4n) is 2.65. The van der Waals surface area contributed by atoms with Crippen molar-refractivity contribution in [2.45, 2.75) is 13.0 Å². The van der Waals surface area contributed by atoms with E-state index >= 15 is 0 Å². The number of pyridine rings is 1. The molecule has 0 aliphatic heterocycles. The van der Waals surface area contributed by atoms with Gasteiger partial charge in [0, 0.05) is 10.0 Å². The molecule has 0 aliphatic carbocycles. The number of hydrogen-bond acceptors (Lipinski definition) is 6. The Labute approximate surface area is 159 Å². The molecule has 0 amide bonds. The molecule has 2 aromatic rings. The van der Waals surface area contributed by atoms with Gasteiger partial charge in [0.1, 0.15) is 6.10 Å². The zero-order valence-corrected chi connectivity index (χ0v) is 16.9. The van der Waals surface area contributed by atoms with Crippen LogP contribution in [0.3, 0.4) is 0 Å². The third-order valence-electron chi connectivity index (χ3n) is 3.79. The molecule has 0 bridgehead atoms. The Bertz CT molecular complexity index is 784. The summed E-state index contributed by atoms with van der Waals surface area (Å²) in [6.07, 6.45) is 0.324. The number of hydrogen-bond donors (Lipinski definition) is 1. The van der Waals surface area contributed by atoms with Crippen LogP contribution in [0, 0.1) is 6.92 Å². The normalized spacial score (nSPS) is 11.8. The third-order valence-corrected chi connectivity index (χ3v) is 5.16. The van der Waals surface area contributed by atoms with Crippen molar-refractivity contribution in [1.82, 2.24) is 4.98 Å². The van der Waals surface area contributed by atoms with E-state index in [4.69, 9.17) is 30.5 Å². The van der Waals surface area contributed by atoms with Crippen LogP contribution >= 0.6 is 27.5 Å². The smallest absolute Gasteiger partial charge is 0.220 e. The Balaban J connectivity index is 2.77. The van der Waals surface area contributed by atoms with Crippen molar-refractivity contribution >= 4 is 27.5 Å². The van der Waals surface area contributed by atoms with Crippen molar-refractivity contribution in [2.24, 2.45) is 0 Å². The highest BCUT2D eigenvalue weighted by Gasteiger charge is 2.29. The minimum Gasteiger partial charge on any atom is -0.493 e. The van der Waals surface area contributed by atoms with Crippen LogP contribution in [0.25, 0.3) is 0 Å². The maximum Gasteiger partial charge on any atom is 0.220 e. The molecular formula is C17H19BrClNO5. The van der Waals surface area contributed by atoms with Crippen LogP contribution in [0.4, 0.5) is 0 Å². The largest absolute Gasteiger partial charge is 0.493 e. The number of nitrogens with zero attached hydrogens (tertiary/aromatic N) is 1. The molecule has 1 aromatic heterocycles. The Kier molecular flexibility index (Phi) is 6.37. The van der Waals surface area contributed by atoms with Crippen LogP contribution < -0.4 is 18.9 Å². The zero-order valence-electron chi connectivity index (χ0n) is 14.5. The standard InChI is InChI=1S/C17H19BrClNO5/c1-8-6-10(22-2)15(23-3)16(24-4)11(8)14(21)12-13(18)9(19)7-20-17(12)25-5/h6-7,14,21H,1-5H3. The lowest BCUT2D eigenvalue weighted by Crippen LogP contribution is -2.10. The Morgan fingerprint density at radius 3 is 2.20 bits per heavy atom. The zero-order chi connectivity index (χ0) is 18.7. The average molecular weight is 433 g/mol. The molecule has 8 heteroatoms. The number of aliphatic hydroxyl groups is 1. The molecule has 1 aromatic carbocycles. The minimum atomic E-state index is -1.12. The van der Waals surface area contributed by atoms with Crippen molar-refractivity contribution in [3.05, 3.63) is 38.4 Å². The molecule has 0 spiro atoms. The molecule has 0 aliphatic rings. The summed E-state index contributed by atoms with van der Waals surface area (Å²) < 4.78 is 22.0. The van der Waals surface area contributed by atoms with Gasteiger partial charge in [0.05, 0.1) is 45.2 Å².